The van der Waals surface area contributed by atoms with E-state index in [0.29, 0.717) is 12.1 Å². The van der Waals surface area contributed by atoms with Gasteiger partial charge in [0.2, 0.25) is 0 Å². The molecule has 4 nitrogen and oxygen atoms in total. The summed E-state index contributed by atoms with van der Waals surface area (Å²) in [5.74, 6) is 0. The third-order valence-corrected chi connectivity index (χ3v) is 4.21. The van der Waals surface area contributed by atoms with Gasteiger partial charge in [0, 0.05) is 25.2 Å². The first-order valence-electron chi connectivity index (χ1n) is 7.55. The van der Waals surface area contributed by atoms with Gasteiger partial charge in [0.15, 0.2) is 0 Å². The number of fused-ring (bicyclic) bond motifs is 1. The quantitative estimate of drug-likeness (QED) is 0.744. The van der Waals surface area contributed by atoms with E-state index in [2.05, 4.69) is 17.1 Å². The van der Waals surface area contributed by atoms with Gasteiger partial charge in [0.1, 0.15) is 0 Å². The molecule has 106 valence electrons. The smallest absolute Gasteiger partial charge is 0.0730 e. The molecule has 0 amide bonds. The number of hydrogen-bond acceptors (Lipinski definition) is 4. The number of hydrogen-bond donors (Lipinski definition) is 2. The second-order valence-corrected chi connectivity index (χ2v) is 5.59. The highest BCUT2D eigenvalue weighted by atomic mass is 16.5. The molecule has 0 aromatic rings. The normalized spacial score (nSPS) is 31.0. The Morgan fingerprint density at radius 3 is 3.00 bits per heavy atom. The minimum absolute atomic E-state index is 0.214. The SMILES string of the molecule is CCCNC(CO)CN1CCOC2CCCCC21. The van der Waals surface area contributed by atoms with Crippen molar-refractivity contribution in [3.63, 3.8) is 0 Å². The summed E-state index contributed by atoms with van der Waals surface area (Å²) in [4.78, 5) is 2.54. The largest absolute Gasteiger partial charge is 0.395 e. The molecule has 1 aliphatic carbocycles. The molecule has 18 heavy (non-hydrogen) atoms. The summed E-state index contributed by atoms with van der Waals surface area (Å²) in [5.41, 5.74) is 0. The fourth-order valence-electron chi connectivity index (χ4n) is 3.22. The van der Waals surface area contributed by atoms with Crippen LogP contribution in [0, 0.1) is 0 Å². The van der Waals surface area contributed by atoms with Crippen LogP contribution in [0.3, 0.4) is 0 Å². The highest BCUT2D eigenvalue weighted by Crippen LogP contribution is 2.28. The second-order valence-electron chi connectivity index (χ2n) is 5.59. The maximum Gasteiger partial charge on any atom is 0.0730 e. The zero-order valence-corrected chi connectivity index (χ0v) is 11.6. The molecule has 4 heteroatoms. The van der Waals surface area contributed by atoms with Gasteiger partial charge in [-0.2, -0.15) is 0 Å². The molecule has 0 radical (unpaired) electrons. The summed E-state index contributed by atoms with van der Waals surface area (Å²) in [6.07, 6.45) is 6.67. The van der Waals surface area contributed by atoms with E-state index in [1.165, 1.54) is 25.7 Å². The van der Waals surface area contributed by atoms with Crippen molar-refractivity contribution in [2.45, 2.75) is 57.2 Å². The van der Waals surface area contributed by atoms with Gasteiger partial charge in [0.25, 0.3) is 0 Å². The van der Waals surface area contributed by atoms with E-state index in [9.17, 15) is 5.11 Å². The first-order valence-corrected chi connectivity index (χ1v) is 7.55. The lowest BCUT2D eigenvalue weighted by atomic mass is 9.90. The van der Waals surface area contributed by atoms with Gasteiger partial charge >= 0.3 is 0 Å². The van der Waals surface area contributed by atoms with Gasteiger partial charge in [0.05, 0.1) is 19.3 Å². The Morgan fingerprint density at radius 2 is 2.22 bits per heavy atom. The number of aliphatic hydroxyl groups excluding tert-OH is 1. The molecule has 1 saturated carbocycles. The van der Waals surface area contributed by atoms with Gasteiger partial charge in [-0.25, -0.2) is 0 Å². The van der Waals surface area contributed by atoms with Gasteiger partial charge in [-0.05, 0) is 25.8 Å². The first-order chi connectivity index (χ1) is 8.85. The molecule has 2 rings (SSSR count). The summed E-state index contributed by atoms with van der Waals surface area (Å²) in [7, 11) is 0. The first kappa shape index (κ1) is 14.3. The summed E-state index contributed by atoms with van der Waals surface area (Å²) < 4.78 is 5.88. The predicted molar refractivity (Wildman–Crippen MR) is 72.7 cm³/mol. The third kappa shape index (κ3) is 3.67. The standard InChI is InChI=1S/C14H28N2O2/c1-2-7-15-12(11-17)10-16-8-9-18-14-6-4-3-5-13(14)16/h12-15,17H,2-11H2,1H3. The van der Waals surface area contributed by atoms with Crippen LogP contribution in [0.1, 0.15) is 39.0 Å². The summed E-state index contributed by atoms with van der Waals surface area (Å²) in [6.45, 7) is 6.21. The monoisotopic (exact) mass is 256 g/mol. The minimum Gasteiger partial charge on any atom is -0.395 e. The van der Waals surface area contributed by atoms with Crippen LogP contribution in [0.5, 0.6) is 0 Å². The lowest BCUT2D eigenvalue weighted by Gasteiger charge is -2.44. The fraction of sp³-hybridized carbons (Fsp3) is 1.00. The van der Waals surface area contributed by atoms with E-state index in [1.807, 2.05) is 0 Å². The Labute approximate surface area is 111 Å². The Balaban J connectivity index is 1.85. The molecule has 3 unspecified atom stereocenters. The molecule has 0 aromatic carbocycles. The van der Waals surface area contributed by atoms with Gasteiger partial charge < -0.3 is 15.2 Å². The molecule has 0 bridgehead atoms. The van der Waals surface area contributed by atoms with Crippen molar-refractivity contribution in [2.24, 2.45) is 0 Å². The highest BCUT2D eigenvalue weighted by Gasteiger charge is 2.34. The molecule has 2 N–H and O–H groups in total. The number of aliphatic hydroxyl groups is 1. The Bertz CT molecular complexity index is 236. The van der Waals surface area contributed by atoms with Crippen LogP contribution in [-0.2, 0) is 4.74 Å². The molecular weight excluding hydrogens is 228 g/mol. The van der Waals surface area contributed by atoms with Crippen LogP contribution in [0.25, 0.3) is 0 Å². The van der Waals surface area contributed by atoms with Crippen molar-refractivity contribution in [1.82, 2.24) is 10.2 Å². The van der Waals surface area contributed by atoms with E-state index in [0.717, 1.165) is 32.7 Å². The maximum atomic E-state index is 9.46. The lowest BCUT2D eigenvalue weighted by molar-refractivity contribution is -0.0912. The Hall–Kier alpha value is -0.160. The van der Waals surface area contributed by atoms with Crippen LogP contribution < -0.4 is 5.32 Å². The van der Waals surface area contributed by atoms with E-state index >= 15 is 0 Å². The van der Waals surface area contributed by atoms with Gasteiger partial charge in [-0.1, -0.05) is 19.8 Å². The Morgan fingerprint density at radius 1 is 1.39 bits per heavy atom. The number of ether oxygens (including phenoxy) is 1. The summed E-state index contributed by atoms with van der Waals surface area (Å²) >= 11 is 0. The van der Waals surface area contributed by atoms with Crippen molar-refractivity contribution in [3.05, 3.63) is 0 Å². The predicted octanol–water partition coefficient (Wildman–Crippen LogP) is 0.990. The topological polar surface area (TPSA) is 44.7 Å². The number of morpholine rings is 1. The van der Waals surface area contributed by atoms with E-state index in [4.69, 9.17) is 4.74 Å². The van der Waals surface area contributed by atoms with Crippen molar-refractivity contribution < 1.29 is 9.84 Å². The highest BCUT2D eigenvalue weighted by molar-refractivity contribution is 4.89. The van der Waals surface area contributed by atoms with Crippen LogP contribution in [0.4, 0.5) is 0 Å². The molecular formula is C14H28N2O2. The van der Waals surface area contributed by atoms with Crippen LogP contribution >= 0.6 is 0 Å². The number of nitrogens with zero attached hydrogens (tertiary/aromatic N) is 1. The molecule has 1 heterocycles. The number of nitrogens with one attached hydrogen (secondary N) is 1. The van der Waals surface area contributed by atoms with Crippen molar-refractivity contribution >= 4 is 0 Å². The van der Waals surface area contributed by atoms with E-state index in [1.54, 1.807) is 0 Å². The van der Waals surface area contributed by atoms with Gasteiger partial charge in [-0.3, -0.25) is 4.90 Å². The van der Waals surface area contributed by atoms with Crippen molar-refractivity contribution in [1.29, 1.82) is 0 Å². The van der Waals surface area contributed by atoms with E-state index in [-0.39, 0.29) is 12.6 Å². The molecule has 1 saturated heterocycles. The molecule has 2 aliphatic rings. The second kappa shape index (κ2) is 7.43. The Kier molecular flexibility index (Phi) is 5.89. The van der Waals surface area contributed by atoms with Crippen LogP contribution in [0.2, 0.25) is 0 Å². The zero-order chi connectivity index (χ0) is 12.8. The maximum absolute atomic E-state index is 9.46. The van der Waals surface area contributed by atoms with Gasteiger partial charge in [-0.15, -0.1) is 0 Å². The minimum atomic E-state index is 0.214. The molecule has 3 atom stereocenters. The lowest BCUT2D eigenvalue weighted by Crippen LogP contribution is -2.56. The summed E-state index contributed by atoms with van der Waals surface area (Å²) in [6, 6.07) is 0.801. The molecule has 2 fully saturated rings. The summed E-state index contributed by atoms with van der Waals surface area (Å²) in [5, 5.41) is 12.9. The third-order valence-electron chi connectivity index (χ3n) is 4.21. The van der Waals surface area contributed by atoms with Crippen LogP contribution in [0.15, 0.2) is 0 Å². The van der Waals surface area contributed by atoms with Crippen molar-refractivity contribution in [2.75, 3.05) is 32.8 Å². The van der Waals surface area contributed by atoms with Crippen LogP contribution in [-0.4, -0.2) is 61.0 Å². The molecule has 0 spiro atoms. The van der Waals surface area contributed by atoms with Crippen molar-refractivity contribution in [3.8, 4) is 0 Å². The zero-order valence-electron chi connectivity index (χ0n) is 11.6. The average Bonchev–Trinajstić information content (AvgIpc) is 2.43. The molecule has 0 aromatic heterocycles. The molecule has 1 aliphatic heterocycles. The van der Waals surface area contributed by atoms with E-state index < -0.39 is 0 Å². The fourth-order valence-corrected chi connectivity index (χ4v) is 3.22. The average molecular weight is 256 g/mol. The number of rotatable bonds is 6.